The highest BCUT2D eigenvalue weighted by molar-refractivity contribution is 6.03. The molecule has 1 aliphatic carbocycles. The van der Waals surface area contributed by atoms with Crippen molar-refractivity contribution in [1.29, 1.82) is 0 Å². The van der Waals surface area contributed by atoms with E-state index in [4.69, 9.17) is 9.15 Å². The van der Waals surface area contributed by atoms with Crippen molar-refractivity contribution in [3.05, 3.63) is 65.1 Å². The van der Waals surface area contributed by atoms with E-state index < -0.39 is 0 Å². The molecular weight excluding hydrogens is 354 g/mol. The van der Waals surface area contributed by atoms with Crippen LogP contribution in [0.3, 0.4) is 0 Å². The number of carbonyl (C=O) groups excluding carboxylic acids is 2. The molecule has 0 unspecified atom stereocenters. The van der Waals surface area contributed by atoms with E-state index in [0.717, 1.165) is 11.3 Å². The van der Waals surface area contributed by atoms with E-state index >= 15 is 0 Å². The minimum atomic E-state index is -0.218. The number of fused-ring (bicyclic) bond motifs is 1. The lowest BCUT2D eigenvalue weighted by Crippen LogP contribution is -2.27. The van der Waals surface area contributed by atoms with E-state index in [1.807, 2.05) is 38.1 Å². The number of rotatable bonds is 6. The fraction of sp³-hybridized carbons (Fsp3) is 0.391. The van der Waals surface area contributed by atoms with E-state index in [1.165, 1.54) is 0 Å². The molecule has 0 aliphatic heterocycles. The van der Waals surface area contributed by atoms with Gasteiger partial charge < -0.3 is 14.1 Å². The van der Waals surface area contributed by atoms with Crippen LogP contribution in [0.15, 0.2) is 41.3 Å². The van der Waals surface area contributed by atoms with Crippen LogP contribution in [0.2, 0.25) is 0 Å². The maximum atomic E-state index is 12.9. The van der Waals surface area contributed by atoms with Gasteiger partial charge >= 0.3 is 0 Å². The molecule has 1 heterocycles. The fourth-order valence-electron chi connectivity index (χ4n) is 3.65. The van der Waals surface area contributed by atoms with Crippen LogP contribution in [-0.4, -0.2) is 30.2 Å². The van der Waals surface area contributed by atoms with Gasteiger partial charge in [0, 0.05) is 32.0 Å². The van der Waals surface area contributed by atoms with Crippen LogP contribution in [-0.2, 0) is 13.0 Å². The number of ketones is 1. The Kier molecular flexibility index (Phi) is 5.45. The van der Waals surface area contributed by atoms with Crippen LogP contribution >= 0.6 is 0 Å². The van der Waals surface area contributed by atoms with E-state index in [1.54, 1.807) is 24.9 Å². The molecule has 0 radical (unpaired) electrons. The molecule has 0 spiro atoms. The molecule has 5 heteroatoms. The molecule has 0 saturated heterocycles. The second-order valence-corrected chi connectivity index (χ2v) is 8.20. The number of hydrogen-bond acceptors (Lipinski definition) is 4. The van der Waals surface area contributed by atoms with E-state index in [9.17, 15) is 9.59 Å². The van der Waals surface area contributed by atoms with Crippen molar-refractivity contribution in [2.45, 2.75) is 40.2 Å². The first-order valence-electron chi connectivity index (χ1n) is 9.45. The molecule has 0 atom stereocenters. The van der Waals surface area contributed by atoms with Crippen LogP contribution in [0.5, 0.6) is 5.75 Å². The Labute approximate surface area is 166 Å². The van der Waals surface area contributed by atoms with Gasteiger partial charge in [-0.25, -0.2) is 0 Å². The zero-order valence-electron chi connectivity index (χ0n) is 17.0. The quantitative estimate of drug-likeness (QED) is 0.687. The number of Topliss-reactive ketones (excluding diaryl/α,β-unsaturated/α-hetero) is 1. The molecule has 148 valence electrons. The predicted molar refractivity (Wildman–Crippen MR) is 108 cm³/mol. The molecule has 0 N–H and O–H groups in total. The van der Waals surface area contributed by atoms with Gasteiger partial charge in [0.1, 0.15) is 18.1 Å². The topological polar surface area (TPSA) is 59.8 Å². The zero-order valence-corrected chi connectivity index (χ0v) is 17.0. The van der Waals surface area contributed by atoms with Crippen LogP contribution in [0.1, 0.15) is 58.1 Å². The van der Waals surface area contributed by atoms with Crippen molar-refractivity contribution in [3.8, 4) is 5.75 Å². The molecule has 0 saturated carbocycles. The lowest BCUT2D eigenvalue weighted by Gasteiger charge is -2.27. The summed E-state index contributed by atoms with van der Waals surface area (Å²) in [6.07, 6.45) is 2.83. The molecule has 3 rings (SSSR count). The Morgan fingerprint density at radius 2 is 1.96 bits per heavy atom. The van der Waals surface area contributed by atoms with Gasteiger partial charge in [-0.15, -0.1) is 0 Å². The first-order chi connectivity index (χ1) is 13.2. The summed E-state index contributed by atoms with van der Waals surface area (Å²) in [6.45, 7) is 10.4. The summed E-state index contributed by atoms with van der Waals surface area (Å²) in [5.41, 5.74) is 2.09. The summed E-state index contributed by atoms with van der Waals surface area (Å²) in [6, 6.07) is 7.59. The van der Waals surface area contributed by atoms with Gasteiger partial charge in [-0.1, -0.05) is 38.6 Å². The summed E-state index contributed by atoms with van der Waals surface area (Å²) >= 11 is 0. The van der Waals surface area contributed by atoms with Crippen LogP contribution in [0.4, 0.5) is 0 Å². The van der Waals surface area contributed by atoms with Crippen molar-refractivity contribution < 1.29 is 18.7 Å². The Hall–Kier alpha value is -2.82. The van der Waals surface area contributed by atoms with Crippen molar-refractivity contribution in [2.24, 2.45) is 5.41 Å². The van der Waals surface area contributed by atoms with Gasteiger partial charge in [-0.2, -0.15) is 0 Å². The van der Waals surface area contributed by atoms with E-state index in [0.29, 0.717) is 42.9 Å². The summed E-state index contributed by atoms with van der Waals surface area (Å²) < 4.78 is 11.4. The second kappa shape index (κ2) is 7.66. The number of benzene rings is 1. The highest BCUT2D eigenvalue weighted by Crippen LogP contribution is 2.38. The Morgan fingerprint density at radius 3 is 2.61 bits per heavy atom. The van der Waals surface area contributed by atoms with Crippen molar-refractivity contribution in [2.75, 3.05) is 13.7 Å². The molecule has 1 aromatic heterocycles. The third-order valence-corrected chi connectivity index (χ3v) is 5.03. The second-order valence-electron chi connectivity index (χ2n) is 8.20. The lowest BCUT2D eigenvalue weighted by molar-refractivity contribution is 0.0746. The fourth-order valence-corrected chi connectivity index (χ4v) is 3.65. The lowest BCUT2D eigenvalue weighted by atomic mass is 9.76. The van der Waals surface area contributed by atoms with Gasteiger partial charge in [-0.05, 0) is 30.0 Å². The summed E-state index contributed by atoms with van der Waals surface area (Å²) in [5, 5.41) is 0. The first kappa shape index (κ1) is 19.9. The largest absolute Gasteiger partial charge is 0.490 e. The average Bonchev–Trinajstić information content (AvgIpc) is 2.95. The first-order valence-corrected chi connectivity index (χ1v) is 9.45. The SMILES string of the molecule is C=CCOc1ccc(CN(C)C(=O)c2oc3c(c2C)C(=O)CC(C)(C)C3)cc1. The molecule has 5 nitrogen and oxygen atoms in total. The van der Waals surface area contributed by atoms with Crippen molar-refractivity contribution in [1.82, 2.24) is 4.90 Å². The number of carbonyl (C=O) groups is 2. The summed E-state index contributed by atoms with van der Waals surface area (Å²) in [5.74, 6) is 1.51. The molecule has 2 aromatic rings. The predicted octanol–water partition coefficient (Wildman–Crippen LogP) is 4.58. The van der Waals surface area contributed by atoms with Crippen LogP contribution in [0.25, 0.3) is 0 Å². The minimum absolute atomic E-state index is 0.0596. The summed E-state index contributed by atoms with van der Waals surface area (Å²) in [7, 11) is 1.73. The van der Waals surface area contributed by atoms with E-state index in [-0.39, 0.29) is 22.9 Å². The standard InChI is InChI=1S/C23H27NO4/c1-6-11-27-17-9-7-16(8-10-17)14-24(5)22(26)21-15(2)20-18(25)12-23(3,4)13-19(20)28-21/h6-10H,1,11-14H2,2-5H3. The maximum absolute atomic E-state index is 12.9. The third-order valence-electron chi connectivity index (χ3n) is 5.03. The number of hydrogen-bond donors (Lipinski definition) is 0. The van der Waals surface area contributed by atoms with Gasteiger partial charge in [0.05, 0.1) is 5.56 Å². The van der Waals surface area contributed by atoms with Gasteiger partial charge in [0.25, 0.3) is 5.91 Å². The van der Waals surface area contributed by atoms with Gasteiger partial charge in [0.15, 0.2) is 11.5 Å². The number of furan rings is 1. The van der Waals surface area contributed by atoms with Crippen molar-refractivity contribution >= 4 is 11.7 Å². The average molecular weight is 381 g/mol. The normalized spacial score (nSPS) is 15.1. The number of nitrogens with zero attached hydrogens (tertiary/aromatic N) is 1. The molecule has 1 aromatic carbocycles. The molecular formula is C23H27NO4. The molecule has 28 heavy (non-hydrogen) atoms. The Morgan fingerprint density at radius 1 is 1.29 bits per heavy atom. The zero-order chi connectivity index (χ0) is 20.5. The smallest absolute Gasteiger partial charge is 0.289 e. The van der Waals surface area contributed by atoms with Gasteiger partial charge in [0.2, 0.25) is 0 Å². The Balaban J connectivity index is 1.75. The van der Waals surface area contributed by atoms with Crippen LogP contribution in [0, 0.1) is 12.3 Å². The van der Waals surface area contributed by atoms with Gasteiger partial charge in [-0.3, -0.25) is 9.59 Å². The minimum Gasteiger partial charge on any atom is -0.490 e. The Bertz CT molecular complexity index is 905. The molecule has 0 fully saturated rings. The monoisotopic (exact) mass is 381 g/mol. The molecule has 1 amide bonds. The van der Waals surface area contributed by atoms with Crippen molar-refractivity contribution in [3.63, 3.8) is 0 Å². The van der Waals surface area contributed by atoms with Crippen LogP contribution < -0.4 is 4.74 Å². The maximum Gasteiger partial charge on any atom is 0.289 e. The molecule has 0 bridgehead atoms. The number of amides is 1. The third kappa shape index (κ3) is 4.03. The highest BCUT2D eigenvalue weighted by Gasteiger charge is 2.37. The van der Waals surface area contributed by atoms with E-state index in [2.05, 4.69) is 6.58 Å². The summed E-state index contributed by atoms with van der Waals surface area (Å²) in [4.78, 5) is 27.1. The molecule has 1 aliphatic rings. The highest BCUT2D eigenvalue weighted by atomic mass is 16.5. The number of ether oxygens (including phenoxy) is 1.